The first-order valence-electron chi connectivity index (χ1n) is 7.85. The Kier molecular flexibility index (Phi) is 7.20. The monoisotopic (exact) mass is 376 g/mol. The largest absolute Gasteiger partial charge is 0.493 e. The van der Waals surface area contributed by atoms with Gasteiger partial charge in [0, 0.05) is 24.7 Å². The zero-order valence-corrected chi connectivity index (χ0v) is 16.2. The predicted molar refractivity (Wildman–Crippen MR) is 98.7 cm³/mol. The van der Waals surface area contributed by atoms with Gasteiger partial charge in [0.25, 0.3) is 5.91 Å². The van der Waals surface area contributed by atoms with E-state index in [0.717, 1.165) is 6.42 Å². The summed E-state index contributed by atoms with van der Waals surface area (Å²) in [4.78, 5) is 14.6. The molecule has 0 saturated carbocycles. The van der Waals surface area contributed by atoms with Crippen LogP contribution in [0.4, 0.5) is 0 Å². The number of methoxy groups -OCH3 is 1. The molecule has 1 aliphatic rings. The quantitative estimate of drug-likeness (QED) is 0.874. The highest BCUT2D eigenvalue weighted by Gasteiger charge is 2.35. The topological polar surface area (TPSA) is 64.8 Å². The number of ether oxygens (including phenoxy) is 2. The van der Waals surface area contributed by atoms with Crippen molar-refractivity contribution in [2.24, 2.45) is 11.1 Å². The highest BCUT2D eigenvalue weighted by Crippen LogP contribution is 2.37. The van der Waals surface area contributed by atoms with Gasteiger partial charge < -0.3 is 20.1 Å². The van der Waals surface area contributed by atoms with E-state index in [-0.39, 0.29) is 29.8 Å². The molecule has 24 heavy (non-hydrogen) atoms. The van der Waals surface area contributed by atoms with Crippen LogP contribution in [0.15, 0.2) is 12.1 Å². The first-order chi connectivity index (χ1) is 10.8. The molecule has 0 bridgehead atoms. The average molecular weight is 377 g/mol. The van der Waals surface area contributed by atoms with E-state index in [1.165, 1.54) is 7.11 Å². The minimum Gasteiger partial charge on any atom is -0.493 e. The lowest BCUT2D eigenvalue weighted by molar-refractivity contribution is 0.0532. The van der Waals surface area contributed by atoms with Crippen LogP contribution in [0.3, 0.4) is 0 Å². The van der Waals surface area contributed by atoms with Crippen molar-refractivity contribution in [2.45, 2.75) is 33.2 Å². The van der Waals surface area contributed by atoms with E-state index in [1.54, 1.807) is 12.1 Å². The van der Waals surface area contributed by atoms with Crippen LogP contribution in [-0.4, -0.2) is 43.7 Å². The number of carbonyl (C=O) groups is 1. The molecule has 2 rings (SSSR count). The zero-order chi connectivity index (χ0) is 17.2. The third-order valence-electron chi connectivity index (χ3n) is 4.36. The third-order valence-corrected chi connectivity index (χ3v) is 4.65. The molecule has 5 nitrogen and oxygen atoms in total. The van der Waals surface area contributed by atoms with Gasteiger partial charge in [-0.15, -0.1) is 12.4 Å². The standard InChI is InChI=1S/C17H25ClN2O3.ClH/c1-5-23-15-12(18)8-11(9-13(15)22-4)16(21)20-7-6-14(19)17(2,3)10-20;/h8-9,14H,5-7,10,19H2,1-4H3;1H. The number of nitrogens with zero attached hydrogens (tertiary/aromatic N) is 1. The maximum absolute atomic E-state index is 12.8. The van der Waals surface area contributed by atoms with Gasteiger partial charge >= 0.3 is 0 Å². The van der Waals surface area contributed by atoms with Crippen molar-refractivity contribution in [3.05, 3.63) is 22.7 Å². The van der Waals surface area contributed by atoms with E-state index in [9.17, 15) is 4.79 Å². The fourth-order valence-electron chi connectivity index (χ4n) is 2.86. The number of hydrogen-bond acceptors (Lipinski definition) is 4. The van der Waals surface area contributed by atoms with Crippen molar-refractivity contribution in [3.8, 4) is 11.5 Å². The van der Waals surface area contributed by atoms with E-state index in [4.69, 9.17) is 26.8 Å². The number of benzene rings is 1. The molecule has 0 aliphatic carbocycles. The maximum atomic E-state index is 12.8. The lowest BCUT2D eigenvalue weighted by atomic mass is 9.79. The van der Waals surface area contributed by atoms with Crippen molar-refractivity contribution in [2.75, 3.05) is 26.8 Å². The first kappa shape index (κ1) is 20.9. The Labute approximate surface area is 154 Å². The van der Waals surface area contributed by atoms with Crippen molar-refractivity contribution in [3.63, 3.8) is 0 Å². The van der Waals surface area contributed by atoms with Crippen LogP contribution in [-0.2, 0) is 0 Å². The summed E-state index contributed by atoms with van der Waals surface area (Å²) in [7, 11) is 1.53. The summed E-state index contributed by atoms with van der Waals surface area (Å²) < 4.78 is 10.8. The van der Waals surface area contributed by atoms with E-state index < -0.39 is 0 Å². The molecule has 1 heterocycles. The molecule has 1 amide bonds. The van der Waals surface area contributed by atoms with E-state index >= 15 is 0 Å². The molecule has 1 aromatic rings. The molecule has 1 saturated heterocycles. The third kappa shape index (κ3) is 4.26. The molecule has 136 valence electrons. The van der Waals surface area contributed by atoms with Gasteiger partial charge in [0.05, 0.1) is 18.7 Å². The van der Waals surface area contributed by atoms with Crippen LogP contribution in [0, 0.1) is 5.41 Å². The van der Waals surface area contributed by atoms with Crippen LogP contribution < -0.4 is 15.2 Å². The van der Waals surface area contributed by atoms with Gasteiger partial charge in [-0.2, -0.15) is 0 Å². The van der Waals surface area contributed by atoms with E-state index in [2.05, 4.69) is 13.8 Å². The summed E-state index contributed by atoms with van der Waals surface area (Å²) >= 11 is 6.26. The highest BCUT2D eigenvalue weighted by molar-refractivity contribution is 6.32. The van der Waals surface area contributed by atoms with E-state index in [0.29, 0.717) is 41.8 Å². The Hall–Kier alpha value is -1.17. The summed E-state index contributed by atoms with van der Waals surface area (Å²) in [5, 5.41) is 0.377. The Morgan fingerprint density at radius 3 is 2.67 bits per heavy atom. The smallest absolute Gasteiger partial charge is 0.254 e. The number of likely N-dealkylation sites (tertiary alicyclic amines) is 1. The van der Waals surface area contributed by atoms with Gasteiger partial charge in [-0.05, 0) is 30.9 Å². The molecule has 1 aromatic carbocycles. The first-order valence-corrected chi connectivity index (χ1v) is 8.23. The molecule has 1 fully saturated rings. The summed E-state index contributed by atoms with van der Waals surface area (Å²) in [6, 6.07) is 3.42. The number of amides is 1. The lowest BCUT2D eigenvalue weighted by Gasteiger charge is -2.42. The number of piperidine rings is 1. The molecule has 0 aromatic heterocycles. The zero-order valence-electron chi connectivity index (χ0n) is 14.6. The summed E-state index contributed by atoms with van der Waals surface area (Å²) in [5.74, 6) is 0.873. The van der Waals surface area contributed by atoms with Crippen molar-refractivity contribution in [1.29, 1.82) is 0 Å². The Bertz CT molecular complexity index is 593. The van der Waals surface area contributed by atoms with Gasteiger partial charge in [-0.1, -0.05) is 25.4 Å². The predicted octanol–water partition coefficient (Wildman–Crippen LogP) is 3.37. The molecule has 0 spiro atoms. The van der Waals surface area contributed by atoms with Crippen LogP contribution in [0.5, 0.6) is 11.5 Å². The van der Waals surface area contributed by atoms with Crippen LogP contribution >= 0.6 is 24.0 Å². The SMILES string of the molecule is CCOc1c(Cl)cc(C(=O)N2CCC(N)C(C)(C)C2)cc1OC.Cl. The molecule has 7 heteroatoms. The fraction of sp³-hybridized carbons (Fsp3) is 0.588. The molecule has 0 radical (unpaired) electrons. The number of carbonyl (C=O) groups excluding carboxylic acids is 1. The second-order valence-corrected chi connectivity index (χ2v) is 6.94. The van der Waals surface area contributed by atoms with E-state index in [1.807, 2.05) is 11.8 Å². The highest BCUT2D eigenvalue weighted by atomic mass is 35.5. The number of hydrogen-bond donors (Lipinski definition) is 1. The van der Waals surface area contributed by atoms with Gasteiger partial charge in [0.15, 0.2) is 11.5 Å². The second-order valence-electron chi connectivity index (χ2n) is 6.53. The Balaban J connectivity index is 0.00000288. The van der Waals surface area contributed by atoms with Crippen molar-refractivity contribution in [1.82, 2.24) is 4.90 Å². The normalized spacial score (nSPS) is 19.4. The van der Waals surface area contributed by atoms with Gasteiger partial charge in [-0.25, -0.2) is 0 Å². The van der Waals surface area contributed by atoms with Gasteiger partial charge in [-0.3, -0.25) is 4.79 Å². The maximum Gasteiger partial charge on any atom is 0.254 e. The Morgan fingerprint density at radius 2 is 2.12 bits per heavy atom. The van der Waals surface area contributed by atoms with Crippen LogP contribution in [0.1, 0.15) is 37.6 Å². The minimum atomic E-state index is -0.104. The van der Waals surface area contributed by atoms with Crippen molar-refractivity contribution < 1.29 is 14.3 Å². The number of rotatable bonds is 4. The molecule has 1 atom stereocenters. The lowest BCUT2D eigenvalue weighted by Crippen LogP contribution is -2.54. The average Bonchev–Trinajstić information content (AvgIpc) is 2.51. The van der Waals surface area contributed by atoms with Gasteiger partial charge in [0.1, 0.15) is 0 Å². The molecular formula is C17H26Cl2N2O3. The van der Waals surface area contributed by atoms with Crippen molar-refractivity contribution >= 4 is 29.9 Å². The molecular weight excluding hydrogens is 351 g/mol. The summed E-state index contributed by atoms with van der Waals surface area (Å²) in [6.45, 7) is 7.79. The van der Waals surface area contributed by atoms with Crippen LogP contribution in [0.25, 0.3) is 0 Å². The molecule has 1 unspecified atom stereocenters. The van der Waals surface area contributed by atoms with Crippen LogP contribution in [0.2, 0.25) is 5.02 Å². The minimum absolute atomic E-state index is 0. The number of nitrogens with two attached hydrogens (primary N) is 1. The number of halogens is 2. The van der Waals surface area contributed by atoms with Gasteiger partial charge in [0.2, 0.25) is 0 Å². The fourth-order valence-corrected chi connectivity index (χ4v) is 3.12. The summed E-state index contributed by atoms with van der Waals surface area (Å²) in [6.07, 6.45) is 0.792. The second kappa shape index (κ2) is 8.28. The summed E-state index contributed by atoms with van der Waals surface area (Å²) in [5.41, 5.74) is 6.54. The molecule has 2 N–H and O–H groups in total. The Morgan fingerprint density at radius 1 is 1.46 bits per heavy atom. The molecule has 1 aliphatic heterocycles.